The van der Waals surface area contributed by atoms with Gasteiger partial charge in [-0.05, 0) is 31.5 Å². The molecule has 102 valence electrons. The second kappa shape index (κ2) is 4.53. The van der Waals surface area contributed by atoms with E-state index in [1.807, 2.05) is 0 Å². The summed E-state index contributed by atoms with van der Waals surface area (Å²) in [7, 11) is 0. The van der Waals surface area contributed by atoms with Crippen molar-refractivity contribution in [2.24, 2.45) is 5.41 Å². The van der Waals surface area contributed by atoms with Gasteiger partial charge in [-0.1, -0.05) is 0 Å². The van der Waals surface area contributed by atoms with Crippen molar-refractivity contribution < 1.29 is 24.2 Å². The molecule has 0 spiro atoms. The minimum atomic E-state index is -0.987. The van der Waals surface area contributed by atoms with Crippen LogP contribution in [0.1, 0.15) is 23.7 Å². The molecule has 6 heteroatoms. The zero-order valence-electron chi connectivity index (χ0n) is 10.4. The summed E-state index contributed by atoms with van der Waals surface area (Å²) in [5.41, 5.74) is -1.13. The van der Waals surface area contributed by atoms with Gasteiger partial charge in [-0.15, -0.1) is 0 Å². The van der Waals surface area contributed by atoms with Crippen LogP contribution in [-0.4, -0.2) is 40.1 Å². The number of aliphatic carboxylic acids is 1. The van der Waals surface area contributed by atoms with Crippen LogP contribution in [0.2, 0.25) is 0 Å². The van der Waals surface area contributed by atoms with Gasteiger partial charge < -0.3 is 15.1 Å². The first-order valence-corrected chi connectivity index (χ1v) is 5.85. The highest BCUT2D eigenvalue weighted by Gasteiger charge is 2.42. The number of carbonyl (C=O) groups is 2. The van der Waals surface area contributed by atoms with Crippen molar-refractivity contribution in [3.63, 3.8) is 0 Å². The lowest BCUT2D eigenvalue weighted by molar-refractivity contribution is -0.147. The van der Waals surface area contributed by atoms with E-state index in [-0.39, 0.29) is 24.4 Å². The van der Waals surface area contributed by atoms with Gasteiger partial charge in [0.2, 0.25) is 0 Å². The summed E-state index contributed by atoms with van der Waals surface area (Å²) >= 11 is 0. The third kappa shape index (κ3) is 2.38. The number of nitrogens with zero attached hydrogens (tertiary/aromatic N) is 1. The molecule has 1 aliphatic heterocycles. The molecule has 0 aliphatic carbocycles. The minimum absolute atomic E-state index is 0.0527. The summed E-state index contributed by atoms with van der Waals surface area (Å²) in [6, 6.07) is 3.11. The Bertz CT molecular complexity index is 545. The second-order valence-corrected chi connectivity index (χ2v) is 5.00. The Labute approximate surface area is 109 Å². The van der Waals surface area contributed by atoms with Gasteiger partial charge in [0.15, 0.2) is 0 Å². The zero-order chi connectivity index (χ0) is 14.2. The highest BCUT2D eigenvalue weighted by atomic mass is 19.1. The highest BCUT2D eigenvalue weighted by Crippen LogP contribution is 2.32. The van der Waals surface area contributed by atoms with Crippen LogP contribution in [0.5, 0.6) is 5.75 Å². The molecule has 5 nitrogen and oxygen atoms in total. The van der Waals surface area contributed by atoms with Crippen LogP contribution in [0.25, 0.3) is 0 Å². The first-order valence-electron chi connectivity index (χ1n) is 5.85. The van der Waals surface area contributed by atoms with Crippen LogP contribution in [0, 0.1) is 11.2 Å². The number of halogens is 1. The molecule has 1 unspecified atom stereocenters. The smallest absolute Gasteiger partial charge is 0.311 e. The van der Waals surface area contributed by atoms with Crippen LogP contribution in [0.15, 0.2) is 18.2 Å². The second-order valence-electron chi connectivity index (χ2n) is 5.00. The van der Waals surface area contributed by atoms with E-state index in [0.717, 1.165) is 18.2 Å². The monoisotopic (exact) mass is 267 g/mol. The highest BCUT2D eigenvalue weighted by molar-refractivity contribution is 5.97. The average molecular weight is 267 g/mol. The van der Waals surface area contributed by atoms with Crippen molar-refractivity contribution in [3.8, 4) is 5.75 Å². The summed E-state index contributed by atoms with van der Waals surface area (Å²) in [6.07, 6.45) is 0.337. The van der Waals surface area contributed by atoms with Crippen molar-refractivity contribution >= 4 is 11.9 Å². The van der Waals surface area contributed by atoms with Gasteiger partial charge in [-0.25, -0.2) is 4.39 Å². The number of carboxylic acid groups (broad SMARTS) is 1. The number of carboxylic acids is 1. The third-order valence-electron chi connectivity index (χ3n) is 3.47. The van der Waals surface area contributed by atoms with Crippen molar-refractivity contribution in [1.29, 1.82) is 0 Å². The van der Waals surface area contributed by atoms with Crippen molar-refractivity contribution in [2.45, 2.75) is 13.3 Å². The molecule has 1 atom stereocenters. The molecule has 0 saturated carbocycles. The number of phenolic OH excluding ortho intramolecular Hbond substituents is 1. The largest absolute Gasteiger partial charge is 0.507 e. The van der Waals surface area contributed by atoms with Crippen molar-refractivity contribution in [1.82, 2.24) is 4.90 Å². The Balaban J connectivity index is 2.22. The molecule has 1 saturated heterocycles. The maximum atomic E-state index is 13.1. The number of aromatic hydroxyl groups is 1. The summed E-state index contributed by atoms with van der Waals surface area (Å²) in [4.78, 5) is 24.6. The molecule has 2 rings (SSSR count). The normalized spacial score (nSPS) is 22.5. The van der Waals surface area contributed by atoms with Crippen LogP contribution < -0.4 is 0 Å². The van der Waals surface area contributed by atoms with Gasteiger partial charge in [0.1, 0.15) is 11.6 Å². The molecule has 2 N–H and O–H groups in total. The molecular weight excluding hydrogens is 253 g/mol. The molecule has 19 heavy (non-hydrogen) atoms. The van der Waals surface area contributed by atoms with Crippen LogP contribution in [0.4, 0.5) is 4.39 Å². The first-order chi connectivity index (χ1) is 8.83. The molecular formula is C13H14FNO4. The number of hydrogen-bond acceptors (Lipinski definition) is 3. The van der Waals surface area contributed by atoms with E-state index in [0.29, 0.717) is 6.42 Å². The molecule has 1 fully saturated rings. The lowest BCUT2D eigenvalue weighted by Crippen LogP contribution is -2.34. The maximum absolute atomic E-state index is 13.1. The molecule has 0 aromatic heterocycles. The van der Waals surface area contributed by atoms with Crippen LogP contribution >= 0.6 is 0 Å². The van der Waals surface area contributed by atoms with Crippen molar-refractivity contribution in [2.75, 3.05) is 13.1 Å². The van der Waals surface area contributed by atoms with E-state index in [2.05, 4.69) is 0 Å². The maximum Gasteiger partial charge on any atom is 0.311 e. The zero-order valence-corrected chi connectivity index (χ0v) is 10.4. The standard InChI is InChI=1S/C13H14FNO4/c1-13(12(18)19)4-5-15(7-13)11(17)9-6-8(14)2-3-10(9)16/h2-3,6,16H,4-5,7H2,1H3,(H,18,19). The molecule has 1 aromatic carbocycles. The number of rotatable bonds is 2. The van der Waals surface area contributed by atoms with E-state index in [1.165, 1.54) is 4.90 Å². The van der Waals surface area contributed by atoms with Gasteiger partial charge in [0.05, 0.1) is 11.0 Å². The molecule has 0 radical (unpaired) electrons. The number of amides is 1. The Kier molecular flexibility index (Phi) is 3.18. The number of carbonyl (C=O) groups excluding carboxylic acids is 1. The Morgan fingerprint density at radius 2 is 2.11 bits per heavy atom. The quantitative estimate of drug-likeness (QED) is 0.850. The van der Waals surface area contributed by atoms with Gasteiger partial charge in [0.25, 0.3) is 5.91 Å². The Hall–Kier alpha value is -2.11. The van der Waals surface area contributed by atoms with E-state index >= 15 is 0 Å². The van der Waals surface area contributed by atoms with Gasteiger partial charge in [-0.2, -0.15) is 0 Å². The molecule has 1 aromatic rings. The number of hydrogen-bond donors (Lipinski definition) is 2. The fraction of sp³-hybridized carbons (Fsp3) is 0.385. The topological polar surface area (TPSA) is 77.8 Å². The van der Waals surface area contributed by atoms with E-state index in [1.54, 1.807) is 6.92 Å². The fourth-order valence-electron chi connectivity index (χ4n) is 2.16. The summed E-state index contributed by atoms with van der Waals surface area (Å²) in [5, 5.41) is 18.7. The predicted molar refractivity (Wildman–Crippen MR) is 64.3 cm³/mol. The lowest BCUT2D eigenvalue weighted by atomic mass is 9.90. The van der Waals surface area contributed by atoms with Crippen molar-refractivity contribution in [3.05, 3.63) is 29.6 Å². The summed E-state index contributed by atoms with van der Waals surface area (Å²) in [6.45, 7) is 1.89. The molecule has 1 aliphatic rings. The van der Waals surface area contributed by atoms with E-state index < -0.39 is 23.1 Å². The van der Waals surface area contributed by atoms with Crippen LogP contribution in [-0.2, 0) is 4.79 Å². The SMILES string of the molecule is CC1(C(=O)O)CCN(C(=O)c2cc(F)ccc2O)C1. The molecule has 1 amide bonds. The number of benzene rings is 1. The third-order valence-corrected chi connectivity index (χ3v) is 3.47. The summed E-state index contributed by atoms with van der Waals surface area (Å²) < 4.78 is 13.1. The first kappa shape index (κ1) is 13.3. The minimum Gasteiger partial charge on any atom is -0.507 e. The predicted octanol–water partition coefficient (Wildman–Crippen LogP) is 1.47. The van der Waals surface area contributed by atoms with E-state index in [4.69, 9.17) is 5.11 Å². The lowest BCUT2D eigenvalue weighted by Gasteiger charge is -2.20. The average Bonchev–Trinajstić information content (AvgIpc) is 2.76. The molecule has 1 heterocycles. The number of likely N-dealkylation sites (tertiary alicyclic amines) is 1. The Morgan fingerprint density at radius 1 is 1.42 bits per heavy atom. The van der Waals surface area contributed by atoms with E-state index in [9.17, 15) is 19.1 Å². The fourth-order valence-corrected chi connectivity index (χ4v) is 2.16. The van der Waals surface area contributed by atoms with Crippen LogP contribution in [0.3, 0.4) is 0 Å². The summed E-state index contributed by atoms with van der Waals surface area (Å²) in [5.74, 6) is -2.45. The van der Waals surface area contributed by atoms with Gasteiger partial charge >= 0.3 is 5.97 Å². The molecule has 0 bridgehead atoms. The van der Waals surface area contributed by atoms with Gasteiger partial charge in [-0.3, -0.25) is 9.59 Å². The van der Waals surface area contributed by atoms with Gasteiger partial charge in [0, 0.05) is 13.1 Å². The number of phenols is 1. The Morgan fingerprint density at radius 3 is 2.68 bits per heavy atom.